The zero-order valence-corrected chi connectivity index (χ0v) is 19.7. The number of aromatic nitrogens is 1. The largest absolute Gasteiger partial charge is 0.396 e. The third-order valence-corrected chi connectivity index (χ3v) is 6.38. The number of hydrogen-bond acceptors (Lipinski definition) is 4. The Labute approximate surface area is 198 Å². The van der Waals surface area contributed by atoms with Gasteiger partial charge in [-0.05, 0) is 82.1 Å². The highest BCUT2D eigenvalue weighted by Crippen LogP contribution is 2.26. The van der Waals surface area contributed by atoms with Crippen LogP contribution in [0.25, 0.3) is 16.8 Å². The fourth-order valence-corrected chi connectivity index (χ4v) is 4.39. The summed E-state index contributed by atoms with van der Waals surface area (Å²) in [5.41, 5.74) is 3.13. The molecule has 34 heavy (non-hydrogen) atoms. The number of likely N-dealkylation sites (tertiary alicyclic amines) is 1. The predicted molar refractivity (Wildman–Crippen MR) is 131 cm³/mol. The first kappa shape index (κ1) is 23.8. The third kappa shape index (κ3) is 5.25. The minimum absolute atomic E-state index is 0.197. The van der Waals surface area contributed by atoms with E-state index in [0.29, 0.717) is 18.1 Å². The summed E-state index contributed by atoms with van der Waals surface area (Å²) in [7, 11) is 2.10. The second-order valence-electron chi connectivity index (χ2n) is 9.00. The Balaban J connectivity index is 1.71. The molecule has 2 heterocycles. The smallest absolute Gasteiger partial charge is 0.264 e. The Morgan fingerprint density at radius 3 is 2.47 bits per heavy atom. The first-order valence-corrected chi connectivity index (χ1v) is 11.5. The number of pyridine rings is 1. The van der Waals surface area contributed by atoms with Gasteiger partial charge in [0.05, 0.1) is 17.5 Å². The summed E-state index contributed by atoms with van der Waals surface area (Å²) < 4.78 is 29.6. The summed E-state index contributed by atoms with van der Waals surface area (Å²) in [5, 5.41) is 4.06. The maximum atomic E-state index is 14.6. The molecule has 0 radical (unpaired) electrons. The Kier molecular flexibility index (Phi) is 7.22. The number of benzene rings is 2. The number of halogens is 2. The molecule has 2 aromatic carbocycles. The molecule has 4 rings (SSSR count). The molecule has 0 atom stereocenters. The van der Waals surface area contributed by atoms with Gasteiger partial charge in [-0.2, -0.15) is 0 Å². The Hall–Kier alpha value is -3.32. The molecule has 7 heteroatoms. The van der Waals surface area contributed by atoms with Crippen molar-refractivity contribution in [1.82, 2.24) is 9.47 Å². The Bertz CT molecular complexity index is 1240. The van der Waals surface area contributed by atoms with Gasteiger partial charge < -0.3 is 9.74 Å². The van der Waals surface area contributed by atoms with E-state index >= 15 is 0 Å². The van der Waals surface area contributed by atoms with Gasteiger partial charge in [-0.3, -0.25) is 9.36 Å². The summed E-state index contributed by atoms with van der Waals surface area (Å²) in [6.07, 6.45) is 5.06. The Morgan fingerprint density at radius 2 is 1.79 bits per heavy atom. The monoisotopic (exact) mass is 465 g/mol. The van der Waals surface area contributed by atoms with Crippen LogP contribution in [0, 0.1) is 31.4 Å². The van der Waals surface area contributed by atoms with Crippen molar-refractivity contribution < 1.29 is 13.6 Å². The lowest BCUT2D eigenvalue weighted by Crippen LogP contribution is -2.31. The molecule has 1 fully saturated rings. The van der Waals surface area contributed by atoms with Crippen LogP contribution in [0.5, 0.6) is 0 Å². The summed E-state index contributed by atoms with van der Waals surface area (Å²) in [6.45, 7) is 6.38. The number of oxime groups is 1. The zero-order chi connectivity index (χ0) is 24.2. The molecule has 0 aliphatic carbocycles. The normalized spacial score (nSPS) is 15.2. The van der Waals surface area contributed by atoms with Crippen molar-refractivity contribution in [2.75, 3.05) is 26.7 Å². The van der Waals surface area contributed by atoms with E-state index in [9.17, 15) is 13.6 Å². The van der Waals surface area contributed by atoms with Crippen molar-refractivity contribution >= 4 is 6.21 Å². The first-order valence-electron chi connectivity index (χ1n) is 11.5. The van der Waals surface area contributed by atoms with Crippen LogP contribution in [-0.2, 0) is 4.84 Å². The van der Waals surface area contributed by atoms with E-state index < -0.39 is 11.6 Å². The highest BCUT2D eigenvalue weighted by atomic mass is 19.1. The fourth-order valence-electron chi connectivity index (χ4n) is 4.39. The lowest BCUT2D eigenvalue weighted by Gasteiger charge is -2.27. The second-order valence-corrected chi connectivity index (χ2v) is 9.00. The van der Waals surface area contributed by atoms with Gasteiger partial charge in [0.15, 0.2) is 0 Å². The quantitative estimate of drug-likeness (QED) is 0.376. The van der Waals surface area contributed by atoms with Crippen molar-refractivity contribution in [3.63, 3.8) is 0 Å². The van der Waals surface area contributed by atoms with Crippen LogP contribution < -0.4 is 5.56 Å². The van der Waals surface area contributed by atoms with Gasteiger partial charge in [0.2, 0.25) is 0 Å². The van der Waals surface area contributed by atoms with Gasteiger partial charge in [0.1, 0.15) is 18.2 Å². The number of rotatable bonds is 6. The molecule has 0 unspecified atom stereocenters. The van der Waals surface area contributed by atoms with Crippen LogP contribution >= 0.6 is 0 Å². The van der Waals surface area contributed by atoms with Crippen molar-refractivity contribution in [3.8, 4) is 16.8 Å². The number of piperidine rings is 1. The van der Waals surface area contributed by atoms with Crippen LogP contribution in [0.2, 0.25) is 0 Å². The van der Waals surface area contributed by atoms with Gasteiger partial charge in [-0.15, -0.1) is 0 Å². The summed E-state index contributed by atoms with van der Waals surface area (Å²) in [6, 6.07) is 10.7. The average molecular weight is 466 g/mol. The van der Waals surface area contributed by atoms with Gasteiger partial charge in [-0.25, -0.2) is 8.78 Å². The number of nitrogens with zero attached hydrogens (tertiary/aromatic N) is 3. The van der Waals surface area contributed by atoms with Crippen LogP contribution in [-0.4, -0.2) is 42.4 Å². The molecule has 0 N–H and O–H groups in total. The number of para-hydroxylation sites is 1. The highest BCUT2D eigenvalue weighted by molar-refractivity contribution is 5.82. The van der Waals surface area contributed by atoms with E-state index in [1.165, 1.54) is 22.9 Å². The third-order valence-electron chi connectivity index (χ3n) is 6.38. The molecule has 0 amide bonds. The van der Waals surface area contributed by atoms with Gasteiger partial charge in [0.25, 0.3) is 5.56 Å². The van der Waals surface area contributed by atoms with Crippen molar-refractivity contribution in [3.05, 3.63) is 87.3 Å². The van der Waals surface area contributed by atoms with Crippen molar-refractivity contribution in [2.24, 2.45) is 11.1 Å². The lowest BCUT2D eigenvalue weighted by molar-refractivity contribution is 0.0782. The minimum atomic E-state index is -0.701. The molecule has 5 nitrogen and oxygen atoms in total. The maximum Gasteiger partial charge on any atom is 0.264 e. The molecule has 0 saturated carbocycles. The molecule has 1 saturated heterocycles. The molecular weight excluding hydrogens is 436 g/mol. The molecule has 1 aliphatic heterocycles. The molecule has 0 bridgehead atoms. The first-order chi connectivity index (χ1) is 16.3. The van der Waals surface area contributed by atoms with E-state index in [4.69, 9.17) is 4.84 Å². The summed E-state index contributed by atoms with van der Waals surface area (Å²) in [4.78, 5) is 21.2. The van der Waals surface area contributed by atoms with Crippen LogP contribution in [0.15, 0.2) is 58.6 Å². The van der Waals surface area contributed by atoms with Gasteiger partial charge in [0, 0.05) is 23.4 Å². The van der Waals surface area contributed by atoms with Crippen molar-refractivity contribution in [1.29, 1.82) is 0 Å². The average Bonchev–Trinajstić information content (AvgIpc) is 2.80. The molecule has 178 valence electrons. The van der Waals surface area contributed by atoms with Gasteiger partial charge >= 0.3 is 0 Å². The SMILES string of the molecule is Cc1cccc(C)c1-n1cc(-c2ccc(F)cc2F)cc(/C=N/OCC2CCN(C)CC2)c1=O. The molecule has 3 aromatic rings. The van der Waals surface area contributed by atoms with Gasteiger partial charge in [-0.1, -0.05) is 23.4 Å². The predicted octanol–water partition coefficient (Wildman–Crippen LogP) is 5.09. The minimum Gasteiger partial charge on any atom is -0.396 e. The lowest BCUT2D eigenvalue weighted by atomic mass is 9.98. The van der Waals surface area contributed by atoms with E-state index in [2.05, 4.69) is 17.1 Å². The van der Waals surface area contributed by atoms with Crippen LogP contribution in [0.1, 0.15) is 29.5 Å². The van der Waals surface area contributed by atoms with Crippen LogP contribution in [0.3, 0.4) is 0 Å². The summed E-state index contributed by atoms with van der Waals surface area (Å²) >= 11 is 0. The van der Waals surface area contributed by atoms with E-state index in [1.807, 2.05) is 32.0 Å². The fraction of sp³-hybridized carbons (Fsp3) is 0.333. The highest BCUT2D eigenvalue weighted by Gasteiger charge is 2.17. The Morgan fingerprint density at radius 1 is 1.09 bits per heavy atom. The molecule has 0 spiro atoms. The van der Waals surface area contributed by atoms with Crippen molar-refractivity contribution in [2.45, 2.75) is 26.7 Å². The van der Waals surface area contributed by atoms with E-state index in [-0.39, 0.29) is 16.7 Å². The maximum absolute atomic E-state index is 14.6. The molecule has 1 aliphatic rings. The number of aryl methyl sites for hydroxylation is 2. The molecular formula is C27H29F2N3O2. The van der Waals surface area contributed by atoms with Crippen LogP contribution in [0.4, 0.5) is 8.78 Å². The topological polar surface area (TPSA) is 46.8 Å². The molecule has 1 aromatic heterocycles. The summed E-state index contributed by atoms with van der Waals surface area (Å²) in [5.74, 6) is -0.930. The number of hydrogen-bond donors (Lipinski definition) is 0. The second kappa shape index (κ2) is 10.3. The zero-order valence-electron chi connectivity index (χ0n) is 19.7. The van der Waals surface area contributed by atoms with E-state index in [0.717, 1.165) is 48.8 Å². The standard InChI is InChI=1S/C27H29F2N3O2/c1-18-5-4-6-19(2)26(18)32-16-22(24-8-7-23(28)14-25(24)29)13-21(27(32)33)15-30-34-17-20-9-11-31(3)12-10-20/h4-8,13-16,20H,9-12,17H2,1-3H3/b30-15+. The van der Waals surface area contributed by atoms with E-state index in [1.54, 1.807) is 12.3 Å².